The predicted octanol–water partition coefficient (Wildman–Crippen LogP) is 3.18. The van der Waals surface area contributed by atoms with E-state index >= 15 is 0 Å². The Morgan fingerprint density at radius 3 is 2.48 bits per heavy atom. The average molecular weight is 395 g/mol. The van der Waals surface area contributed by atoms with Gasteiger partial charge in [-0.05, 0) is 43.4 Å². The second kappa shape index (κ2) is 9.22. The molecule has 2 rings (SSSR count). The van der Waals surface area contributed by atoms with Crippen molar-refractivity contribution in [2.75, 3.05) is 13.1 Å². The van der Waals surface area contributed by atoms with Gasteiger partial charge in [-0.2, -0.15) is 0 Å². The molecule has 148 valence electrons. The van der Waals surface area contributed by atoms with Gasteiger partial charge in [0.25, 0.3) is 0 Å². The van der Waals surface area contributed by atoms with Crippen molar-refractivity contribution in [3.8, 4) is 0 Å². The highest BCUT2D eigenvalue weighted by molar-refractivity contribution is 6.30. The molecule has 1 fully saturated rings. The van der Waals surface area contributed by atoms with E-state index in [1.807, 2.05) is 6.92 Å². The highest BCUT2D eigenvalue weighted by atomic mass is 35.5. The number of nitrogens with zero attached hydrogens (tertiary/aromatic N) is 1. The zero-order valence-corrected chi connectivity index (χ0v) is 16.6. The predicted molar refractivity (Wildman–Crippen MR) is 103 cm³/mol. The van der Waals surface area contributed by atoms with Crippen molar-refractivity contribution in [1.82, 2.24) is 10.2 Å². The first kappa shape index (κ1) is 21.2. The SMILES string of the molecule is CCCC(=O)N1CCCC(C(=O)NC(CC)(C(=O)O)c2ccc(Cl)cc2)C1. The maximum Gasteiger partial charge on any atom is 0.334 e. The Bertz CT molecular complexity index is 692. The van der Waals surface area contributed by atoms with Crippen molar-refractivity contribution in [2.24, 2.45) is 5.92 Å². The van der Waals surface area contributed by atoms with Crippen LogP contribution in [0, 0.1) is 5.92 Å². The van der Waals surface area contributed by atoms with Gasteiger partial charge in [0, 0.05) is 24.5 Å². The number of amides is 2. The quantitative estimate of drug-likeness (QED) is 0.743. The molecule has 1 heterocycles. The third-order valence-corrected chi connectivity index (χ3v) is 5.43. The fourth-order valence-electron chi connectivity index (χ4n) is 3.53. The first-order chi connectivity index (χ1) is 12.8. The maximum atomic E-state index is 12.9. The third kappa shape index (κ3) is 4.80. The lowest BCUT2D eigenvalue weighted by atomic mass is 9.85. The summed E-state index contributed by atoms with van der Waals surface area (Å²) in [5.41, 5.74) is -1.04. The Kier molecular flexibility index (Phi) is 7.25. The van der Waals surface area contributed by atoms with Gasteiger partial charge in [0.15, 0.2) is 5.54 Å². The molecule has 1 aromatic rings. The number of benzene rings is 1. The van der Waals surface area contributed by atoms with Gasteiger partial charge in [0.1, 0.15) is 0 Å². The summed E-state index contributed by atoms with van der Waals surface area (Å²) < 4.78 is 0. The van der Waals surface area contributed by atoms with E-state index in [1.165, 1.54) is 0 Å². The molecule has 2 N–H and O–H groups in total. The van der Waals surface area contributed by atoms with E-state index < -0.39 is 17.4 Å². The standard InChI is InChI=1S/C20H27ClN2O4/c1-3-6-17(24)23-12-5-7-14(13-23)18(25)22-20(4-2,19(26)27)15-8-10-16(21)11-9-15/h8-11,14H,3-7,12-13H2,1-2H3,(H,22,25)(H,26,27). The van der Waals surface area contributed by atoms with Crippen LogP contribution in [-0.2, 0) is 19.9 Å². The van der Waals surface area contributed by atoms with E-state index in [4.69, 9.17) is 11.6 Å². The summed E-state index contributed by atoms with van der Waals surface area (Å²) in [6.45, 7) is 4.66. The van der Waals surface area contributed by atoms with Gasteiger partial charge in [-0.25, -0.2) is 4.79 Å². The summed E-state index contributed by atoms with van der Waals surface area (Å²) in [5, 5.41) is 13.1. The molecule has 2 atom stereocenters. The minimum absolute atomic E-state index is 0.0488. The first-order valence-corrected chi connectivity index (χ1v) is 9.81. The van der Waals surface area contributed by atoms with Crippen LogP contribution in [0.1, 0.15) is 51.5 Å². The fraction of sp³-hybridized carbons (Fsp3) is 0.550. The van der Waals surface area contributed by atoms with E-state index in [2.05, 4.69) is 5.32 Å². The molecule has 0 bridgehead atoms. The molecule has 1 aliphatic rings. The normalized spacial score (nSPS) is 19.2. The van der Waals surface area contributed by atoms with Gasteiger partial charge < -0.3 is 15.3 Å². The number of hydrogen-bond acceptors (Lipinski definition) is 3. The number of halogens is 1. The molecular formula is C20H27ClN2O4. The number of carbonyl (C=O) groups is 3. The number of rotatable bonds is 7. The topological polar surface area (TPSA) is 86.7 Å². The molecule has 1 aromatic carbocycles. The second-order valence-corrected chi connectivity index (χ2v) is 7.43. The van der Waals surface area contributed by atoms with Crippen LogP contribution in [0.25, 0.3) is 0 Å². The molecule has 0 aromatic heterocycles. The van der Waals surface area contributed by atoms with Gasteiger partial charge >= 0.3 is 5.97 Å². The van der Waals surface area contributed by atoms with Gasteiger partial charge in [0.2, 0.25) is 11.8 Å². The lowest BCUT2D eigenvalue weighted by molar-refractivity contribution is -0.150. The van der Waals surface area contributed by atoms with Crippen LogP contribution in [0.15, 0.2) is 24.3 Å². The first-order valence-electron chi connectivity index (χ1n) is 9.43. The highest BCUT2D eigenvalue weighted by Gasteiger charge is 2.42. The minimum Gasteiger partial charge on any atom is -0.479 e. The summed E-state index contributed by atoms with van der Waals surface area (Å²) in [6.07, 6.45) is 2.80. The maximum absolute atomic E-state index is 12.9. The van der Waals surface area contributed by atoms with Crippen molar-refractivity contribution in [3.63, 3.8) is 0 Å². The van der Waals surface area contributed by atoms with E-state index in [9.17, 15) is 19.5 Å². The molecule has 2 unspecified atom stereocenters. The third-order valence-electron chi connectivity index (χ3n) is 5.18. The van der Waals surface area contributed by atoms with E-state index in [0.29, 0.717) is 36.5 Å². The number of carboxylic acid groups (broad SMARTS) is 1. The van der Waals surface area contributed by atoms with Crippen LogP contribution in [0.4, 0.5) is 0 Å². The number of nitrogens with one attached hydrogen (secondary N) is 1. The summed E-state index contributed by atoms with van der Waals surface area (Å²) in [4.78, 5) is 38.9. The number of aliphatic carboxylic acids is 1. The minimum atomic E-state index is -1.52. The molecule has 0 aliphatic carbocycles. The van der Waals surface area contributed by atoms with Gasteiger partial charge in [-0.15, -0.1) is 0 Å². The van der Waals surface area contributed by atoms with Crippen LogP contribution >= 0.6 is 11.6 Å². The van der Waals surface area contributed by atoms with E-state index in [1.54, 1.807) is 36.1 Å². The van der Waals surface area contributed by atoms with E-state index in [-0.39, 0.29) is 18.2 Å². The molecule has 1 aliphatic heterocycles. The Morgan fingerprint density at radius 1 is 1.26 bits per heavy atom. The number of hydrogen-bond donors (Lipinski definition) is 2. The van der Waals surface area contributed by atoms with Crippen LogP contribution < -0.4 is 5.32 Å². The fourth-order valence-corrected chi connectivity index (χ4v) is 3.66. The molecule has 27 heavy (non-hydrogen) atoms. The Labute approximate surface area is 164 Å². The molecule has 2 amide bonds. The van der Waals surface area contributed by atoms with Gasteiger partial charge in [0.05, 0.1) is 5.92 Å². The van der Waals surface area contributed by atoms with Crippen molar-refractivity contribution in [2.45, 2.75) is 51.5 Å². The monoisotopic (exact) mass is 394 g/mol. The van der Waals surface area contributed by atoms with E-state index in [0.717, 1.165) is 12.8 Å². The molecule has 0 saturated carbocycles. The summed E-state index contributed by atoms with van der Waals surface area (Å²) >= 11 is 5.91. The molecule has 7 heteroatoms. The Balaban J connectivity index is 2.19. The summed E-state index contributed by atoms with van der Waals surface area (Å²) in [6, 6.07) is 6.47. The number of carboxylic acids is 1. The number of carbonyl (C=O) groups excluding carboxylic acids is 2. The van der Waals surface area contributed by atoms with Gasteiger partial charge in [-0.3, -0.25) is 9.59 Å². The van der Waals surface area contributed by atoms with Crippen molar-refractivity contribution in [1.29, 1.82) is 0 Å². The zero-order valence-electron chi connectivity index (χ0n) is 15.8. The van der Waals surface area contributed by atoms with Crippen molar-refractivity contribution in [3.05, 3.63) is 34.9 Å². The largest absolute Gasteiger partial charge is 0.479 e. The van der Waals surface area contributed by atoms with Gasteiger partial charge in [-0.1, -0.05) is 37.6 Å². The van der Waals surface area contributed by atoms with Crippen LogP contribution in [0.2, 0.25) is 5.02 Å². The summed E-state index contributed by atoms with van der Waals surface area (Å²) in [5.74, 6) is -1.80. The highest BCUT2D eigenvalue weighted by Crippen LogP contribution is 2.28. The lowest BCUT2D eigenvalue weighted by Gasteiger charge is -2.36. The van der Waals surface area contributed by atoms with Crippen LogP contribution in [-0.4, -0.2) is 40.9 Å². The molecule has 0 spiro atoms. The molecule has 0 radical (unpaired) electrons. The Morgan fingerprint density at radius 2 is 1.93 bits per heavy atom. The molecule has 1 saturated heterocycles. The lowest BCUT2D eigenvalue weighted by Crippen LogP contribution is -2.55. The van der Waals surface area contributed by atoms with Crippen LogP contribution in [0.3, 0.4) is 0 Å². The second-order valence-electron chi connectivity index (χ2n) is 6.99. The smallest absolute Gasteiger partial charge is 0.334 e. The average Bonchev–Trinajstić information content (AvgIpc) is 2.66. The summed E-state index contributed by atoms with van der Waals surface area (Å²) in [7, 11) is 0. The zero-order chi connectivity index (χ0) is 20.0. The van der Waals surface area contributed by atoms with Crippen LogP contribution in [0.5, 0.6) is 0 Å². The number of likely N-dealkylation sites (tertiary alicyclic amines) is 1. The molecule has 6 nitrogen and oxygen atoms in total. The Hall–Kier alpha value is -2.08. The van der Waals surface area contributed by atoms with Crippen molar-refractivity contribution < 1.29 is 19.5 Å². The molecular weight excluding hydrogens is 368 g/mol. The number of piperidine rings is 1. The van der Waals surface area contributed by atoms with Crippen molar-refractivity contribution >= 4 is 29.4 Å².